The summed E-state index contributed by atoms with van der Waals surface area (Å²) in [5, 5.41) is 4.03. The van der Waals surface area contributed by atoms with Gasteiger partial charge in [-0.25, -0.2) is 9.97 Å². The second kappa shape index (κ2) is 6.87. The second-order valence-corrected chi connectivity index (χ2v) is 6.69. The van der Waals surface area contributed by atoms with E-state index in [0.717, 1.165) is 33.5 Å². The zero-order chi connectivity index (χ0) is 19.8. The largest absolute Gasteiger partial charge is 0.338 e. The second-order valence-electron chi connectivity index (χ2n) is 6.69. The highest BCUT2D eigenvalue weighted by atomic mass is 16.1. The van der Waals surface area contributed by atoms with E-state index in [1.54, 1.807) is 22.9 Å². The molecule has 2 N–H and O–H groups in total. The van der Waals surface area contributed by atoms with Crippen molar-refractivity contribution in [1.82, 2.24) is 24.5 Å². The van der Waals surface area contributed by atoms with E-state index in [9.17, 15) is 4.79 Å². The van der Waals surface area contributed by atoms with Gasteiger partial charge in [-0.3, -0.25) is 9.36 Å². The summed E-state index contributed by atoms with van der Waals surface area (Å²) in [6, 6.07) is 19.1. The van der Waals surface area contributed by atoms with Gasteiger partial charge in [0, 0.05) is 35.4 Å². The van der Waals surface area contributed by atoms with Crippen LogP contribution in [-0.4, -0.2) is 24.5 Å². The number of aryl methyl sites for hydroxylation is 1. The summed E-state index contributed by atoms with van der Waals surface area (Å²) in [7, 11) is 0. The Bertz CT molecular complexity index is 1350. The van der Waals surface area contributed by atoms with E-state index in [-0.39, 0.29) is 5.56 Å². The number of nitrogens with zero attached hydrogens (tertiary/aromatic N) is 4. The highest BCUT2D eigenvalue weighted by molar-refractivity contribution is 5.79. The van der Waals surface area contributed by atoms with Crippen molar-refractivity contribution in [3.8, 4) is 11.4 Å². The molecule has 0 saturated carbocycles. The van der Waals surface area contributed by atoms with Crippen molar-refractivity contribution in [3.05, 3.63) is 77.2 Å². The maximum atomic E-state index is 12.0. The molecular weight excluding hydrogens is 364 g/mol. The predicted molar refractivity (Wildman–Crippen MR) is 114 cm³/mol. The molecule has 0 bridgehead atoms. The molecule has 0 amide bonds. The van der Waals surface area contributed by atoms with Gasteiger partial charge in [-0.15, -0.1) is 0 Å². The van der Waals surface area contributed by atoms with Crippen molar-refractivity contribution in [2.75, 3.05) is 5.32 Å². The number of hydrogen-bond acceptors (Lipinski definition) is 5. The maximum Gasteiger partial charge on any atom is 0.252 e. The average molecular weight is 382 g/mol. The lowest BCUT2D eigenvalue weighted by Crippen LogP contribution is -2.19. The van der Waals surface area contributed by atoms with Gasteiger partial charge in [0.05, 0.1) is 11.0 Å². The lowest BCUT2D eigenvalue weighted by molar-refractivity contribution is 0.749. The number of para-hydroxylation sites is 2. The van der Waals surface area contributed by atoms with Crippen LogP contribution in [0.1, 0.15) is 6.92 Å². The highest BCUT2D eigenvalue weighted by Crippen LogP contribution is 2.23. The van der Waals surface area contributed by atoms with Gasteiger partial charge in [0.15, 0.2) is 0 Å². The van der Waals surface area contributed by atoms with Crippen molar-refractivity contribution in [2.24, 2.45) is 0 Å². The van der Waals surface area contributed by atoms with E-state index < -0.39 is 0 Å². The summed E-state index contributed by atoms with van der Waals surface area (Å²) in [5.74, 6) is 1.27. The van der Waals surface area contributed by atoms with Crippen LogP contribution in [0.2, 0.25) is 0 Å². The summed E-state index contributed by atoms with van der Waals surface area (Å²) in [5.41, 5.74) is 4.35. The molecule has 0 unspecified atom stereocenters. The van der Waals surface area contributed by atoms with Crippen LogP contribution in [0.5, 0.6) is 0 Å². The van der Waals surface area contributed by atoms with Crippen LogP contribution in [0.3, 0.4) is 0 Å². The Hall–Kier alpha value is -4.00. The van der Waals surface area contributed by atoms with Crippen LogP contribution in [-0.2, 0) is 6.54 Å². The fraction of sp³-hybridized carbons (Fsp3) is 0.0909. The standard InChI is InChI=1S/C22H18N6O/c1-2-28-19(29)12-9-15-13-23-22(27-21(15)28)24-16-10-7-14(8-11-16)20-25-17-5-3-4-6-18(17)26-20/h3-13H,2H2,1H3,(H,25,26)(H,23,24,27). The molecule has 0 aliphatic carbocycles. The average Bonchev–Trinajstić information content (AvgIpc) is 3.18. The molecule has 3 aromatic heterocycles. The van der Waals surface area contributed by atoms with Gasteiger partial charge in [-0.1, -0.05) is 12.1 Å². The van der Waals surface area contributed by atoms with Crippen molar-refractivity contribution < 1.29 is 0 Å². The lowest BCUT2D eigenvalue weighted by Gasteiger charge is -2.09. The third kappa shape index (κ3) is 3.12. The first kappa shape index (κ1) is 17.1. The quantitative estimate of drug-likeness (QED) is 0.489. The van der Waals surface area contributed by atoms with Crippen LogP contribution >= 0.6 is 0 Å². The lowest BCUT2D eigenvalue weighted by atomic mass is 10.2. The molecule has 5 aromatic rings. The van der Waals surface area contributed by atoms with E-state index in [2.05, 4.69) is 25.3 Å². The molecule has 0 spiro atoms. The van der Waals surface area contributed by atoms with Gasteiger partial charge in [0.1, 0.15) is 11.5 Å². The fourth-order valence-electron chi connectivity index (χ4n) is 3.37. The number of fused-ring (bicyclic) bond motifs is 2. The number of anilines is 2. The zero-order valence-electron chi connectivity index (χ0n) is 15.8. The third-order valence-electron chi connectivity index (χ3n) is 4.84. The number of benzene rings is 2. The first-order chi connectivity index (χ1) is 14.2. The summed E-state index contributed by atoms with van der Waals surface area (Å²) in [6.45, 7) is 2.48. The smallest absolute Gasteiger partial charge is 0.252 e. The summed E-state index contributed by atoms with van der Waals surface area (Å²) >= 11 is 0. The Morgan fingerprint density at radius 3 is 2.62 bits per heavy atom. The fourth-order valence-corrected chi connectivity index (χ4v) is 3.37. The molecule has 0 saturated heterocycles. The molecule has 7 heteroatoms. The minimum Gasteiger partial charge on any atom is -0.338 e. The molecule has 0 radical (unpaired) electrons. The van der Waals surface area contributed by atoms with Gasteiger partial charge in [-0.05, 0) is 49.4 Å². The molecule has 7 nitrogen and oxygen atoms in total. The van der Waals surface area contributed by atoms with Gasteiger partial charge in [0.2, 0.25) is 5.95 Å². The monoisotopic (exact) mass is 382 g/mol. The van der Waals surface area contributed by atoms with E-state index in [0.29, 0.717) is 18.1 Å². The first-order valence-electron chi connectivity index (χ1n) is 9.40. The van der Waals surface area contributed by atoms with E-state index in [4.69, 9.17) is 0 Å². The highest BCUT2D eigenvalue weighted by Gasteiger charge is 2.08. The first-order valence-corrected chi connectivity index (χ1v) is 9.40. The van der Waals surface area contributed by atoms with Gasteiger partial charge in [0.25, 0.3) is 5.56 Å². The number of nitrogens with one attached hydrogen (secondary N) is 2. The van der Waals surface area contributed by atoms with Crippen LogP contribution in [0.4, 0.5) is 11.6 Å². The van der Waals surface area contributed by atoms with Crippen molar-refractivity contribution >= 4 is 33.7 Å². The third-order valence-corrected chi connectivity index (χ3v) is 4.84. The molecule has 5 rings (SSSR count). The summed E-state index contributed by atoms with van der Waals surface area (Å²) in [4.78, 5) is 28.9. The molecule has 0 aliphatic rings. The van der Waals surface area contributed by atoms with Gasteiger partial charge in [-0.2, -0.15) is 4.98 Å². The molecule has 3 heterocycles. The predicted octanol–water partition coefficient (Wildman–Crippen LogP) is 4.10. The van der Waals surface area contributed by atoms with Crippen LogP contribution in [0, 0.1) is 0 Å². The molecule has 0 fully saturated rings. The maximum absolute atomic E-state index is 12.0. The number of aromatic amines is 1. The Morgan fingerprint density at radius 2 is 1.83 bits per heavy atom. The normalized spacial score (nSPS) is 11.2. The van der Waals surface area contributed by atoms with Crippen LogP contribution < -0.4 is 10.9 Å². The molecule has 29 heavy (non-hydrogen) atoms. The van der Waals surface area contributed by atoms with Crippen molar-refractivity contribution in [3.63, 3.8) is 0 Å². The number of rotatable bonds is 4. The van der Waals surface area contributed by atoms with Crippen LogP contribution in [0.25, 0.3) is 33.5 Å². The number of H-pyrrole nitrogens is 1. The summed E-state index contributed by atoms with van der Waals surface area (Å²) < 4.78 is 1.63. The number of imidazole rings is 1. The Labute approximate surface area is 166 Å². The molecular formula is C22H18N6O. The molecule has 2 aromatic carbocycles. The number of pyridine rings is 1. The Balaban J connectivity index is 1.44. The van der Waals surface area contributed by atoms with E-state index in [1.807, 2.05) is 55.5 Å². The minimum atomic E-state index is -0.0696. The Morgan fingerprint density at radius 1 is 1.00 bits per heavy atom. The van der Waals surface area contributed by atoms with Gasteiger partial charge < -0.3 is 10.3 Å². The van der Waals surface area contributed by atoms with Crippen molar-refractivity contribution in [2.45, 2.75) is 13.5 Å². The van der Waals surface area contributed by atoms with Crippen LogP contribution in [0.15, 0.2) is 71.7 Å². The molecule has 0 atom stereocenters. The minimum absolute atomic E-state index is 0.0696. The zero-order valence-corrected chi connectivity index (χ0v) is 15.8. The molecule has 0 aliphatic heterocycles. The van der Waals surface area contributed by atoms with Crippen molar-refractivity contribution in [1.29, 1.82) is 0 Å². The Kier molecular flexibility index (Phi) is 4.05. The molecule has 142 valence electrons. The van der Waals surface area contributed by atoms with E-state index >= 15 is 0 Å². The SMILES string of the molecule is CCn1c(=O)ccc2cnc(Nc3ccc(-c4nc5ccccc5[nH]4)cc3)nc21. The summed E-state index contributed by atoms with van der Waals surface area (Å²) in [6.07, 6.45) is 1.72. The van der Waals surface area contributed by atoms with E-state index in [1.165, 1.54) is 0 Å². The number of hydrogen-bond donors (Lipinski definition) is 2. The number of aromatic nitrogens is 5. The topological polar surface area (TPSA) is 88.5 Å². The van der Waals surface area contributed by atoms with Gasteiger partial charge >= 0.3 is 0 Å².